The summed E-state index contributed by atoms with van der Waals surface area (Å²) in [6, 6.07) is -0.912. The summed E-state index contributed by atoms with van der Waals surface area (Å²) in [6.07, 6.45) is 81.6. The maximum atomic E-state index is 13.0. The third kappa shape index (κ3) is 61.4. The minimum absolute atomic E-state index is 0.00979. The number of allylic oxidation sites excluding steroid dienone is 11. The average molecular weight is 1100 g/mol. The minimum atomic E-state index is -4.61. The van der Waals surface area contributed by atoms with Gasteiger partial charge < -0.3 is 28.8 Å². The molecule has 0 aliphatic rings. The SMILES string of the molecule is CCCCCCC/C=C\C/C=C\C/C=C\CCCCCCCCCCCCCCCCCCCCCCC(=O)NC(COP(=O)([O-])OCC[N+](C)(C)C)C(O)/C=C/CC/C=C/CC/C=C/CCCCCCCCCCCC. The largest absolute Gasteiger partial charge is 0.756 e. The second-order valence-corrected chi connectivity index (χ2v) is 24.9. The van der Waals surface area contributed by atoms with E-state index in [1.807, 2.05) is 27.2 Å². The number of aliphatic hydroxyl groups is 1. The first kappa shape index (κ1) is 74.9. The van der Waals surface area contributed by atoms with Gasteiger partial charge in [-0.05, 0) is 83.5 Å². The van der Waals surface area contributed by atoms with Gasteiger partial charge in [-0.3, -0.25) is 9.36 Å². The predicted octanol–water partition coefficient (Wildman–Crippen LogP) is 20.0. The van der Waals surface area contributed by atoms with Crippen molar-refractivity contribution in [3.63, 3.8) is 0 Å². The van der Waals surface area contributed by atoms with Gasteiger partial charge in [0.15, 0.2) is 0 Å². The molecule has 3 unspecified atom stereocenters. The highest BCUT2D eigenvalue weighted by Gasteiger charge is 2.23. The van der Waals surface area contributed by atoms with E-state index in [1.165, 1.54) is 225 Å². The van der Waals surface area contributed by atoms with Crippen molar-refractivity contribution >= 4 is 13.7 Å². The number of quaternary nitrogens is 1. The first-order chi connectivity index (χ1) is 37.5. The van der Waals surface area contributed by atoms with Gasteiger partial charge in [-0.2, -0.15) is 0 Å². The molecule has 2 N–H and O–H groups in total. The molecular formula is C68H127N2O6P. The highest BCUT2D eigenvalue weighted by atomic mass is 31.2. The molecule has 1 amide bonds. The molecule has 77 heavy (non-hydrogen) atoms. The van der Waals surface area contributed by atoms with E-state index in [2.05, 4.69) is 79.9 Å². The lowest BCUT2D eigenvalue weighted by Gasteiger charge is -2.29. The molecule has 0 heterocycles. The van der Waals surface area contributed by atoms with E-state index in [9.17, 15) is 19.4 Å². The third-order valence-corrected chi connectivity index (χ3v) is 15.6. The zero-order valence-electron chi connectivity index (χ0n) is 51.4. The zero-order valence-corrected chi connectivity index (χ0v) is 52.3. The van der Waals surface area contributed by atoms with Gasteiger partial charge in [0.05, 0.1) is 39.9 Å². The number of carbonyl (C=O) groups excluding carboxylic acids is 1. The van der Waals surface area contributed by atoms with Crippen molar-refractivity contribution in [3.05, 3.63) is 72.9 Å². The molecule has 0 fully saturated rings. The monoisotopic (exact) mass is 1100 g/mol. The Morgan fingerprint density at radius 1 is 0.455 bits per heavy atom. The maximum absolute atomic E-state index is 13.0. The van der Waals surface area contributed by atoms with Crippen LogP contribution in [-0.4, -0.2) is 68.5 Å². The number of hydrogen-bond acceptors (Lipinski definition) is 6. The molecule has 0 rings (SSSR count). The molecule has 0 aliphatic heterocycles. The summed E-state index contributed by atoms with van der Waals surface area (Å²) in [5.74, 6) is -0.208. The number of hydrogen-bond donors (Lipinski definition) is 2. The van der Waals surface area contributed by atoms with Crippen LogP contribution in [0, 0.1) is 0 Å². The van der Waals surface area contributed by atoms with E-state index in [0.717, 1.165) is 57.8 Å². The number of aliphatic hydroxyl groups excluding tert-OH is 1. The number of carbonyl (C=O) groups is 1. The van der Waals surface area contributed by atoms with Crippen LogP contribution in [0.15, 0.2) is 72.9 Å². The van der Waals surface area contributed by atoms with Crippen LogP contribution in [0.3, 0.4) is 0 Å². The molecule has 0 radical (unpaired) electrons. The molecule has 450 valence electrons. The van der Waals surface area contributed by atoms with Crippen molar-refractivity contribution in [2.45, 2.75) is 315 Å². The normalized spacial score (nSPS) is 14.2. The third-order valence-electron chi connectivity index (χ3n) is 14.6. The fraction of sp³-hybridized carbons (Fsp3) is 0.809. The fourth-order valence-electron chi connectivity index (χ4n) is 9.49. The lowest BCUT2D eigenvalue weighted by atomic mass is 10.0. The Hall–Kier alpha value is -2.06. The Labute approximate surface area is 478 Å². The molecule has 0 aromatic rings. The summed E-state index contributed by atoms with van der Waals surface area (Å²) >= 11 is 0. The molecule has 9 heteroatoms. The zero-order chi connectivity index (χ0) is 56.3. The molecule has 0 saturated heterocycles. The van der Waals surface area contributed by atoms with Crippen molar-refractivity contribution in [3.8, 4) is 0 Å². The van der Waals surface area contributed by atoms with Crippen LogP contribution < -0.4 is 10.2 Å². The van der Waals surface area contributed by atoms with Gasteiger partial charge in [-0.25, -0.2) is 0 Å². The lowest BCUT2D eigenvalue weighted by Crippen LogP contribution is -2.45. The van der Waals surface area contributed by atoms with Gasteiger partial charge in [-0.1, -0.05) is 286 Å². The fourth-order valence-corrected chi connectivity index (χ4v) is 10.2. The summed E-state index contributed by atoms with van der Waals surface area (Å²) in [5.41, 5.74) is 0. The second kappa shape index (κ2) is 58.6. The minimum Gasteiger partial charge on any atom is -0.756 e. The molecule has 0 saturated carbocycles. The first-order valence-corrected chi connectivity index (χ1v) is 34.3. The van der Waals surface area contributed by atoms with Crippen molar-refractivity contribution in [2.24, 2.45) is 0 Å². The van der Waals surface area contributed by atoms with Crippen LogP contribution in [0.25, 0.3) is 0 Å². The number of phosphoric ester groups is 1. The van der Waals surface area contributed by atoms with Crippen LogP contribution in [-0.2, 0) is 18.4 Å². The highest BCUT2D eigenvalue weighted by molar-refractivity contribution is 7.45. The number of unbranched alkanes of at least 4 members (excludes halogenated alkanes) is 37. The maximum Gasteiger partial charge on any atom is 0.268 e. The standard InChI is InChI=1S/C68H127N2O6P/c1-6-8-10-12-14-16-18-20-22-24-26-28-29-30-31-32-33-34-35-36-37-38-39-40-41-42-44-46-48-50-52-54-56-58-60-62-68(72)69-66(65-76-77(73,74)75-64-63-70(3,4)5)67(71)61-59-57-55-53-51-49-47-45-43-27-25-23-21-19-17-15-13-11-9-7-2/h18,20,24,26,29-30,43,45,51,53,59,61,66-67,71H,6-17,19,21-23,25,27-28,31-42,44,46-50,52,54-58,60,62-65H2,1-5H3,(H-,69,72,73,74)/b20-18-,26-24-,30-29-,45-43+,53-51+,61-59+. The highest BCUT2D eigenvalue weighted by Crippen LogP contribution is 2.38. The molecule has 0 bridgehead atoms. The van der Waals surface area contributed by atoms with E-state index >= 15 is 0 Å². The predicted molar refractivity (Wildman–Crippen MR) is 334 cm³/mol. The molecular weight excluding hydrogens is 972 g/mol. The van der Waals surface area contributed by atoms with Crippen molar-refractivity contribution < 1.29 is 32.9 Å². The lowest BCUT2D eigenvalue weighted by molar-refractivity contribution is -0.870. The molecule has 0 aromatic carbocycles. The summed E-state index contributed by atoms with van der Waals surface area (Å²) < 4.78 is 23.4. The van der Waals surface area contributed by atoms with Crippen LogP contribution in [0.1, 0.15) is 303 Å². The number of nitrogens with one attached hydrogen (secondary N) is 1. The molecule has 0 spiro atoms. The number of rotatable bonds is 60. The second-order valence-electron chi connectivity index (χ2n) is 23.4. The Balaban J connectivity index is 4.08. The average Bonchev–Trinajstić information content (AvgIpc) is 3.39. The molecule has 0 aromatic heterocycles. The topological polar surface area (TPSA) is 108 Å². The van der Waals surface area contributed by atoms with Gasteiger partial charge in [0.2, 0.25) is 5.91 Å². The van der Waals surface area contributed by atoms with Crippen molar-refractivity contribution in [1.29, 1.82) is 0 Å². The van der Waals surface area contributed by atoms with Crippen molar-refractivity contribution in [1.82, 2.24) is 5.32 Å². The van der Waals surface area contributed by atoms with Crippen LogP contribution >= 0.6 is 7.82 Å². The quantitative estimate of drug-likeness (QED) is 0.0272. The molecule has 0 aliphatic carbocycles. The van der Waals surface area contributed by atoms with E-state index in [0.29, 0.717) is 17.4 Å². The first-order valence-electron chi connectivity index (χ1n) is 32.8. The van der Waals surface area contributed by atoms with E-state index < -0.39 is 26.6 Å². The van der Waals surface area contributed by atoms with Gasteiger partial charge >= 0.3 is 0 Å². The van der Waals surface area contributed by atoms with Crippen molar-refractivity contribution in [2.75, 3.05) is 40.9 Å². The Bertz CT molecular complexity index is 1480. The Morgan fingerprint density at radius 3 is 1.14 bits per heavy atom. The van der Waals surface area contributed by atoms with Crippen LogP contribution in [0.2, 0.25) is 0 Å². The number of likely N-dealkylation sites (N-methyl/N-ethyl adjacent to an activating group) is 1. The van der Waals surface area contributed by atoms with Crippen LogP contribution in [0.5, 0.6) is 0 Å². The summed E-state index contributed by atoms with van der Waals surface area (Å²) in [4.78, 5) is 25.6. The van der Waals surface area contributed by atoms with Gasteiger partial charge in [0, 0.05) is 6.42 Å². The van der Waals surface area contributed by atoms with E-state index in [4.69, 9.17) is 9.05 Å². The van der Waals surface area contributed by atoms with Gasteiger partial charge in [0.1, 0.15) is 13.2 Å². The Kier molecular flexibility index (Phi) is 57.0. The molecule has 8 nitrogen and oxygen atoms in total. The van der Waals surface area contributed by atoms with E-state index in [1.54, 1.807) is 6.08 Å². The smallest absolute Gasteiger partial charge is 0.268 e. The van der Waals surface area contributed by atoms with E-state index in [-0.39, 0.29) is 12.5 Å². The van der Waals surface area contributed by atoms with Gasteiger partial charge in [-0.15, -0.1) is 0 Å². The molecule has 3 atom stereocenters. The number of nitrogens with zero attached hydrogens (tertiary/aromatic N) is 1. The van der Waals surface area contributed by atoms with Crippen LogP contribution in [0.4, 0.5) is 0 Å². The number of amides is 1. The van der Waals surface area contributed by atoms with Gasteiger partial charge in [0.25, 0.3) is 7.82 Å². The Morgan fingerprint density at radius 2 is 0.766 bits per heavy atom. The summed E-state index contributed by atoms with van der Waals surface area (Å²) in [7, 11) is 1.24. The number of phosphoric acid groups is 1. The summed E-state index contributed by atoms with van der Waals surface area (Å²) in [5, 5.41) is 13.9. The summed E-state index contributed by atoms with van der Waals surface area (Å²) in [6.45, 7) is 4.63.